The summed E-state index contributed by atoms with van der Waals surface area (Å²) >= 11 is 0. The molecule has 0 spiro atoms. The molecule has 0 aliphatic carbocycles. The molecule has 0 aromatic carbocycles. The molecule has 0 amide bonds. The first kappa shape index (κ1) is 11.2. The number of hydrogen-bond acceptors (Lipinski definition) is 4. The fourth-order valence-corrected chi connectivity index (χ4v) is 1.38. The SMILES string of the molecule is Cn1c(=O)[nH]c(=O)c2[nH]c(C#CCCN)nc21. The van der Waals surface area contributed by atoms with E-state index in [1.807, 2.05) is 0 Å². The Kier molecular flexibility index (Phi) is 2.80. The third kappa shape index (κ3) is 1.98. The van der Waals surface area contributed by atoms with E-state index in [2.05, 4.69) is 26.8 Å². The molecule has 0 aliphatic rings. The van der Waals surface area contributed by atoms with Gasteiger partial charge in [0.25, 0.3) is 5.56 Å². The Hall–Kier alpha value is -2.33. The van der Waals surface area contributed by atoms with Crippen molar-refractivity contribution in [2.45, 2.75) is 6.42 Å². The Balaban J connectivity index is 2.63. The molecular weight excluding hydrogens is 222 g/mol. The predicted molar refractivity (Wildman–Crippen MR) is 62.5 cm³/mol. The minimum atomic E-state index is -0.504. The van der Waals surface area contributed by atoms with Crippen LogP contribution in [0.2, 0.25) is 0 Å². The van der Waals surface area contributed by atoms with E-state index >= 15 is 0 Å². The van der Waals surface area contributed by atoms with Crippen molar-refractivity contribution in [1.82, 2.24) is 19.5 Å². The number of rotatable bonds is 1. The number of imidazole rings is 1. The standard InChI is InChI=1S/C10H11N5O2/c1-15-8-7(9(16)14-10(15)17)12-6(13-8)4-2-3-5-11/h3,5,11H2,1H3,(H,12,13)(H,14,16,17). The van der Waals surface area contributed by atoms with Gasteiger partial charge in [0.2, 0.25) is 0 Å². The summed E-state index contributed by atoms with van der Waals surface area (Å²) in [6.45, 7) is 0.465. The van der Waals surface area contributed by atoms with Crippen molar-refractivity contribution >= 4 is 11.2 Å². The number of H-pyrrole nitrogens is 2. The third-order valence-electron chi connectivity index (χ3n) is 2.23. The number of nitrogens with one attached hydrogen (secondary N) is 2. The molecule has 17 heavy (non-hydrogen) atoms. The van der Waals surface area contributed by atoms with Crippen LogP contribution in [0.4, 0.5) is 0 Å². The van der Waals surface area contributed by atoms with E-state index in [-0.39, 0.29) is 11.2 Å². The molecule has 7 heteroatoms. The normalized spacial score (nSPS) is 10.2. The van der Waals surface area contributed by atoms with Crippen LogP contribution in [0.3, 0.4) is 0 Å². The lowest BCUT2D eigenvalue weighted by atomic mass is 10.4. The molecule has 88 valence electrons. The number of nitrogens with two attached hydrogens (primary N) is 1. The number of fused-ring (bicyclic) bond motifs is 1. The molecule has 0 saturated heterocycles. The van der Waals surface area contributed by atoms with Gasteiger partial charge in [0.05, 0.1) is 0 Å². The van der Waals surface area contributed by atoms with Crippen LogP contribution < -0.4 is 17.0 Å². The molecule has 0 fully saturated rings. The summed E-state index contributed by atoms with van der Waals surface area (Å²) < 4.78 is 1.25. The van der Waals surface area contributed by atoms with E-state index in [0.29, 0.717) is 18.8 Å². The van der Waals surface area contributed by atoms with Gasteiger partial charge >= 0.3 is 5.69 Å². The smallest absolute Gasteiger partial charge is 0.329 e. The largest absolute Gasteiger partial charge is 0.330 e. The maximum Gasteiger partial charge on any atom is 0.329 e. The van der Waals surface area contributed by atoms with Gasteiger partial charge in [0, 0.05) is 20.0 Å². The number of aromatic nitrogens is 4. The highest BCUT2D eigenvalue weighted by molar-refractivity contribution is 5.70. The van der Waals surface area contributed by atoms with Crippen LogP contribution in [0.1, 0.15) is 12.2 Å². The molecule has 2 rings (SSSR count). The molecule has 0 unspecified atom stereocenters. The van der Waals surface area contributed by atoms with Crippen molar-refractivity contribution in [2.75, 3.05) is 6.54 Å². The maximum atomic E-state index is 11.5. The second kappa shape index (κ2) is 4.27. The fraction of sp³-hybridized carbons (Fsp3) is 0.300. The van der Waals surface area contributed by atoms with E-state index in [1.54, 1.807) is 0 Å². The van der Waals surface area contributed by atoms with E-state index in [1.165, 1.54) is 11.6 Å². The molecule has 0 radical (unpaired) electrons. The maximum absolute atomic E-state index is 11.5. The first-order valence-corrected chi connectivity index (χ1v) is 5.01. The van der Waals surface area contributed by atoms with Crippen molar-refractivity contribution in [3.05, 3.63) is 26.7 Å². The summed E-state index contributed by atoms with van der Waals surface area (Å²) in [6.07, 6.45) is 0.548. The zero-order valence-electron chi connectivity index (χ0n) is 9.20. The first-order chi connectivity index (χ1) is 8.13. The molecule has 2 heterocycles. The number of aromatic amines is 2. The Morgan fingerprint density at radius 2 is 2.18 bits per heavy atom. The third-order valence-corrected chi connectivity index (χ3v) is 2.23. The van der Waals surface area contributed by atoms with Crippen LogP contribution in [0.5, 0.6) is 0 Å². The van der Waals surface area contributed by atoms with Crippen molar-refractivity contribution in [2.24, 2.45) is 12.8 Å². The van der Waals surface area contributed by atoms with Crippen molar-refractivity contribution in [3.63, 3.8) is 0 Å². The Labute approximate surface area is 95.7 Å². The van der Waals surface area contributed by atoms with E-state index in [0.717, 1.165) is 0 Å². The van der Waals surface area contributed by atoms with Crippen molar-refractivity contribution in [1.29, 1.82) is 0 Å². The van der Waals surface area contributed by atoms with Crippen LogP contribution in [0.15, 0.2) is 9.59 Å². The fourth-order valence-electron chi connectivity index (χ4n) is 1.38. The minimum Gasteiger partial charge on any atom is -0.330 e. The second-order valence-corrected chi connectivity index (χ2v) is 3.44. The Morgan fingerprint density at radius 1 is 1.41 bits per heavy atom. The zero-order valence-corrected chi connectivity index (χ0v) is 9.20. The predicted octanol–water partition coefficient (Wildman–Crippen LogP) is -1.35. The Bertz CT molecular complexity index is 725. The topological polar surface area (TPSA) is 110 Å². The van der Waals surface area contributed by atoms with Crippen LogP contribution in [0.25, 0.3) is 11.2 Å². The summed E-state index contributed by atoms with van der Waals surface area (Å²) in [5.74, 6) is 5.89. The van der Waals surface area contributed by atoms with Gasteiger partial charge in [0.1, 0.15) is 0 Å². The van der Waals surface area contributed by atoms with E-state index < -0.39 is 11.2 Å². The molecule has 4 N–H and O–H groups in total. The second-order valence-electron chi connectivity index (χ2n) is 3.44. The molecule has 2 aromatic heterocycles. The lowest BCUT2D eigenvalue weighted by Gasteiger charge is -1.94. The quantitative estimate of drug-likeness (QED) is 0.529. The van der Waals surface area contributed by atoms with Gasteiger partial charge < -0.3 is 10.7 Å². The van der Waals surface area contributed by atoms with Gasteiger partial charge in [-0.15, -0.1) is 0 Å². The lowest BCUT2D eigenvalue weighted by molar-refractivity contribution is 0.832. The minimum absolute atomic E-state index is 0.240. The first-order valence-electron chi connectivity index (χ1n) is 5.01. The molecule has 0 bridgehead atoms. The van der Waals surface area contributed by atoms with Gasteiger partial charge in [-0.05, 0) is 5.92 Å². The molecule has 0 atom stereocenters. The van der Waals surface area contributed by atoms with Crippen LogP contribution in [-0.2, 0) is 7.05 Å². The van der Waals surface area contributed by atoms with Crippen LogP contribution in [0, 0.1) is 11.8 Å². The van der Waals surface area contributed by atoms with Crippen molar-refractivity contribution in [3.8, 4) is 11.8 Å². The summed E-state index contributed by atoms with van der Waals surface area (Å²) in [7, 11) is 1.53. The zero-order chi connectivity index (χ0) is 12.4. The van der Waals surface area contributed by atoms with Gasteiger partial charge in [-0.1, -0.05) is 5.92 Å². The Morgan fingerprint density at radius 3 is 2.88 bits per heavy atom. The van der Waals surface area contributed by atoms with Gasteiger partial charge in [-0.3, -0.25) is 14.3 Å². The van der Waals surface area contributed by atoms with Gasteiger partial charge in [-0.2, -0.15) is 0 Å². The van der Waals surface area contributed by atoms with Gasteiger partial charge in [-0.25, -0.2) is 9.78 Å². The van der Waals surface area contributed by atoms with Gasteiger partial charge in [0.15, 0.2) is 17.0 Å². The number of hydrogen-bond donors (Lipinski definition) is 3. The van der Waals surface area contributed by atoms with E-state index in [9.17, 15) is 9.59 Å². The van der Waals surface area contributed by atoms with Crippen molar-refractivity contribution < 1.29 is 0 Å². The summed E-state index contributed by atoms with van der Waals surface area (Å²) in [4.78, 5) is 31.8. The van der Waals surface area contributed by atoms with Crippen LogP contribution >= 0.6 is 0 Å². The average molecular weight is 233 g/mol. The molecule has 0 aliphatic heterocycles. The number of nitrogens with zero attached hydrogens (tertiary/aromatic N) is 2. The lowest BCUT2D eigenvalue weighted by Crippen LogP contribution is -2.28. The molecule has 7 nitrogen and oxygen atoms in total. The highest BCUT2D eigenvalue weighted by atomic mass is 16.2. The van der Waals surface area contributed by atoms with Crippen LogP contribution in [-0.4, -0.2) is 26.1 Å². The molecular formula is C10H11N5O2. The summed E-state index contributed by atoms with van der Waals surface area (Å²) in [5.41, 5.74) is 4.83. The highest BCUT2D eigenvalue weighted by Crippen LogP contribution is 2.02. The highest BCUT2D eigenvalue weighted by Gasteiger charge is 2.08. The van der Waals surface area contributed by atoms with E-state index in [4.69, 9.17) is 5.73 Å². The average Bonchev–Trinajstić information content (AvgIpc) is 2.71. The molecule has 0 saturated carbocycles. The molecule has 2 aromatic rings. The number of aryl methyl sites for hydroxylation is 1. The monoisotopic (exact) mass is 233 g/mol. The summed E-state index contributed by atoms with van der Waals surface area (Å²) in [5, 5.41) is 0. The summed E-state index contributed by atoms with van der Waals surface area (Å²) in [6, 6.07) is 0.